The number of anilines is 1. The molecule has 0 spiro atoms. The number of sulfonamides is 1. The van der Waals surface area contributed by atoms with Crippen LogP contribution in [0.5, 0.6) is 23.0 Å². The number of ether oxygens (including phenoxy) is 4. The predicted molar refractivity (Wildman–Crippen MR) is 198 cm³/mol. The molecule has 3 aromatic rings. The molecule has 3 heterocycles. The molecule has 0 bridgehead atoms. The van der Waals surface area contributed by atoms with Crippen molar-refractivity contribution in [2.45, 2.75) is 75.1 Å². The van der Waals surface area contributed by atoms with E-state index in [1.54, 1.807) is 53.4 Å². The zero-order valence-electron chi connectivity index (χ0n) is 30.9. The largest absolute Gasteiger partial charge is 0.497 e. The minimum Gasteiger partial charge on any atom is -0.497 e. The topological polar surface area (TPSA) is 131 Å². The Morgan fingerprint density at radius 3 is 2.09 bits per heavy atom. The van der Waals surface area contributed by atoms with Gasteiger partial charge in [0.15, 0.2) is 5.03 Å². The maximum atomic E-state index is 14.9. The molecular formula is C39H46F2N4O8S. The van der Waals surface area contributed by atoms with Crippen molar-refractivity contribution in [1.29, 1.82) is 0 Å². The number of aromatic nitrogens is 1. The van der Waals surface area contributed by atoms with Crippen LogP contribution in [-0.4, -0.2) is 87.3 Å². The molecule has 15 heteroatoms. The van der Waals surface area contributed by atoms with E-state index in [1.165, 1.54) is 45.0 Å². The zero-order chi connectivity index (χ0) is 38.6. The number of carboxylic acid groups (broad SMARTS) is 1. The Morgan fingerprint density at radius 2 is 1.50 bits per heavy atom. The minimum absolute atomic E-state index is 0.0290. The van der Waals surface area contributed by atoms with Crippen molar-refractivity contribution in [2.24, 2.45) is 0 Å². The third-order valence-corrected chi connectivity index (χ3v) is 11.9. The first kappa shape index (κ1) is 39.0. The molecule has 2 aromatic carbocycles. The summed E-state index contributed by atoms with van der Waals surface area (Å²) in [6.45, 7) is -0.0154. The highest BCUT2D eigenvalue weighted by Crippen LogP contribution is 2.42. The Balaban J connectivity index is 1.45. The lowest BCUT2D eigenvalue weighted by Gasteiger charge is -2.46. The van der Waals surface area contributed by atoms with Crippen LogP contribution in [0.4, 0.5) is 14.5 Å². The third kappa shape index (κ3) is 8.17. The molecule has 1 aliphatic carbocycles. The van der Waals surface area contributed by atoms with Gasteiger partial charge in [0.2, 0.25) is 5.92 Å². The molecule has 0 amide bonds. The summed E-state index contributed by atoms with van der Waals surface area (Å²) in [4.78, 5) is 20.9. The summed E-state index contributed by atoms with van der Waals surface area (Å²) in [5.41, 5.74) is 3.28. The molecule has 1 saturated heterocycles. The van der Waals surface area contributed by atoms with E-state index in [-0.39, 0.29) is 49.6 Å². The van der Waals surface area contributed by atoms with Crippen LogP contribution in [0.1, 0.15) is 56.1 Å². The van der Waals surface area contributed by atoms with Gasteiger partial charge in [-0.05, 0) is 62.0 Å². The number of alkyl halides is 2. The number of aliphatic carboxylic acids is 1. The van der Waals surface area contributed by atoms with E-state index < -0.39 is 34.5 Å². The highest BCUT2D eigenvalue weighted by atomic mass is 32.2. The monoisotopic (exact) mass is 768 g/mol. The second kappa shape index (κ2) is 16.3. The van der Waals surface area contributed by atoms with Crippen LogP contribution in [-0.2, 0) is 27.9 Å². The van der Waals surface area contributed by atoms with Crippen LogP contribution >= 0.6 is 0 Å². The summed E-state index contributed by atoms with van der Waals surface area (Å²) in [7, 11) is 1.63. The van der Waals surface area contributed by atoms with Gasteiger partial charge < -0.3 is 29.0 Å². The molecule has 6 rings (SSSR count). The fraction of sp³-hybridized carbons (Fsp3) is 0.436. The highest BCUT2D eigenvalue weighted by molar-refractivity contribution is 7.89. The highest BCUT2D eigenvalue weighted by Gasteiger charge is 2.42. The number of halogens is 2. The summed E-state index contributed by atoms with van der Waals surface area (Å²) in [5, 5.41) is 10.2. The van der Waals surface area contributed by atoms with Crippen LogP contribution < -0.4 is 23.8 Å². The van der Waals surface area contributed by atoms with Gasteiger partial charge in [-0.3, -0.25) is 4.90 Å². The number of methoxy groups -OCH3 is 4. The van der Waals surface area contributed by atoms with E-state index in [4.69, 9.17) is 18.9 Å². The second-order valence-corrected chi connectivity index (χ2v) is 15.4. The first-order valence-electron chi connectivity index (χ1n) is 17.8. The van der Waals surface area contributed by atoms with Crippen LogP contribution in [0.15, 0.2) is 82.7 Å². The van der Waals surface area contributed by atoms with Crippen molar-refractivity contribution in [2.75, 3.05) is 46.4 Å². The number of carbonyl (C=O) groups is 1. The van der Waals surface area contributed by atoms with Gasteiger partial charge in [-0.1, -0.05) is 12.1 Å². The first-order chi connectivity index (χ1) is 25.9. The number of allylic oxidation sites excluding steroid dienone is 3. The number of rotatable bonds is 13. The van der Waals surface area contributed by atoms with Crippen molar-refractivity contribution in [3.8, 4) is 23.0 Å². The normalized spacial score (nSPS) is 19.1. The molecule has 0 radical (unpaired) electrons. The van der Waals surface area contributed by atoms with Crippen LogP contribution in [0.3, 0.4) is 0 Å². The van der Waals surface area contributed by atoms with E-state index in [0.29, 0.717) is 52.7 Å². The summed E-state index contributed by atoms with van der Waals surface area (Å²) in [5.74, 6) is -2.12. The SMILES string of the molecule is COc1ccc(CN(Cc2ccc(OC)cc2OC)S(=O)(=O)c2cc(N3C4=C(C=C(C(=O)O)C3N3CCCC(F)(F)CC3)CCCC4)ccn2)c(OC)c1. The molecule has 12 nitrogen and oxygen atoms in total. The summed E-state index contributed by atoms with van der Waals surface area (Å²) < 4.78 is 82.2. The summed E-state index contributed by atoms with van der Waals surface area (Å²) >= 11 is 0. The van der Waals surface area contributed by atoms with Gasteiger partial charge in [0.05, 0.1) is 34.0 Å². The molecule has 1 aromatic heterocycles. The van der Waals surface area contributed by atoms with Crippen LogP contribution in [0.2, 0.25) is 0 Å². The van der Waals surface area contributed by atoms with Crippen molar-refractivity contribution in [3.63, 3.8) is 0 Å². The Hall–Kier alpha value is -4.73. The average molecular weight is 769 g/mol. The van der Waals surface area contributed by atoms with Gasteiger partial charge in [-0.2, -0.15) is 4.31 Å². The lowest BCUT2D eigenvalue weighted by molar-refractivity contribution is -0.133. The van der Waals surface area contributed by atoms with E-state index >= 15 is 0 Å². The standard InChI is InChI=1S/C39H46F2N4O8S/c1-50-30-12-10-27(34(22-30)52-3)24-44(25-28-11-13-31(51-2)23-35(28)53-4)54(48,49)36-21-29(14-17-42-36)45-33-9-6-5-8-26(33)20-32(38(46)47)37(45)43-18-7-15-39(40,41)16-19-43/h10-14,17,20-23,37H,5-9,15-16,18-19,24-25H2,1-4H3,(H,46,47). The molecule has 1 fully saturated rings. The van der Waals surface area contributed by atoms with Gasteiger partial charge in [0.1, 0.15) is 29.2 Å². The molecule has 2 aliphatic heterocycles. The first-order valence-corrected chi connectivity index (χ1v) is 19.3. The zero-order valence-corrected chi connectivity index (χ0v) is 31.7. The summed E-state index contributed by atoms with van der Waals surface area (Å²) in [6, 6.07) is 13.3. The number of hydrogen-bond donors (Lipinski definition) is 1. The van der Waals surface area contributed by atoms with Crippen molar-refractivity contribution in [1.82, 2.24) is 14.2 Å². The molecule has 3 aliphatic rings. The molecule has 290 valence electrons. The van der Waals surface area contributed by atoms with Gasteiger partial charge in [0.25, 0.3) is 10.0 Å². The average Bonchev–Trinajstić information content (AvgIpc) is 3.36. The van der Waals surface area contributed by atoms with E-state index in [1.807, 2.05) is 4.90 Å². The number of benzene rings is 2. The number of pyridine rings is 1. The lowest BCUT2D eigenvalue weighted by atomic mass is 9.88. The number of nitrogens with zero attached hydrogens (tertiary/aromatic N) is 4. The van der Waals surface area contributed by atoms with Gasteiger partial charge in [-0.15, -0.1) is 0 Å². The predicted octanol–water partition coefficient (Wildman–Crippen LogP) is 6.61. The minimum atomic E-state index is -4.40. The number of hydrogen-bond acceptors (Lipinski definition) is 10. The van der Waals surface area contributed by atoms with Crippen molar-refractivity contribution >= 4 is 21.7 Å². The summed E-state index contributed by atoms with van der Waals surface area (Å²) in [6.07, 6.45) is 4.59. The lowest BCUT2D eigenvalue weighted by Crippen LogP contribution is -2.53. The molecule has 54 heavy (non-hydrogen) atoms. The van der Waals surface area contributed by atoms with E-state index in [9.17, 15) is 27.1 Å². The molecular weight excluding hydrogens is 723 g/mol. The molecule has 1 unspecified atom stereocenters. The third-order valence-electron chi connectivity index (χ3n) is 10.3. The Bertz CT molecular complexity index is 1980. The van der Waals surface area contributed by atoms with Crippen molar-refractivity contribution < 1.29 is 46.0 Å². The van der Waals surface area contributed by atoms with Gasteiger partial charge in [-0.25, -0.2) is 27.0 Å². The Morgan fingerprint density at radius 1 is 0.870 bits per heavy atom. The Kier molecular flexibility index (Phi) is 11.8. The molecule has 1 atom stereocenters. The van der Waals surface area contributed by atoms with Crippen molar-refractivity contribution in [3.05, 3.63) is 88.8 Å². The van der Waals surface area contributed by atoms with Crippen LogP contribution in [0.25, 0.3) is 0 Å². The van der Waals surface area contributed by atoms with Crippen LogP contribution in [0, 0.1) is 0 Å². The van der Waals surface area contributed by atoms with Gasteiger partial charge >= 0.3 is 5.97 Å². The maximum Gasteiger partial charge on any atom is 0.335 e. The van der Waals surface area contributed by atoms with E-state index in [0.717, 1.165) is 24.1 Å². The van der Waals surface area contributed by atoms with E-state index in [2.05, 4.69) is 4.98 Å². The fourth-order valence-electron chi connectivity index (χ4n) is 7.44. The second-order valence-electron chi connectivity index (χ2n) is 13.6. The molecule has 0 saturated carbocycles. The van der Waals surface area contributed by atoms with Gasteiger partial charge in [0, 0.05) is 85.9 Å². The smallest absolute Gasteiger partial charge is 0.335 e. The Labute approximate surface area is 314 Å². The maximum absolute atomic E-state index is 14.9. The number of carboxylic acids is 1. The fourth-order valence-corrected chi connectivity index (χ4v) is 8.79. The quantitative estimate of drug-likeness (QED) is 0.202. The molecule has 1 N–H and O–H groups in total. The number of likely N-dealkylation sites (tertiary alicyclic amines) is 1.